The molecule has 6 nitrogen and oxygen atoms in total. The second kappa shape index (κ2) is 6.72. The molecule has 7 heteroatoms. The van der Waals surface area contributed by atoms with Crippen LogP contribution in [0.15, 0.2) is 0 Å². The van der Waals surface area contributed by atoms with E-state index in [0.717, 1.165) is 0 Å². The summed E-state index contributed by atoms with van der Waals surface area (Å²) in [6.07, 6.45) is 1.04. The van der Waals surface area contributed by atoms with Gasteiger partial charge in [0.15, 0.2) is 0 Å². The average molecular weight is 334 g/mol. The van der Waals surface area contributed by atoms with E-state index in [4.69, 9.17) is 10.5 Å². The van der Waals surface area contributed by atoms with Crippen molar-refractivity contribution in [2.75, 3.05) is 26.3 Å². The van der Waals surface area contributed by atoms with Crippen LogP contribution in [0.25, 0.3) is 0 Å². The van der Waals surface area contributed by atoms with Crippen molar-refractivity contribution in [3.8, 4) is 0 Å². The number of halogens is 1. The van der Waals surface area contributed by atoms with E-state index in [2.05, 4.69) is 0 Å². The van der Waals surface area contributed by atoms with Gasteiger partial charge in [0, 0.05) is 25.8 Å². The fourth-order valence-corrected chi connectivity index (χ4v) is 3.57. The van der Waals surface area contributed by atoms with E-state index >= 15 is 0 Å². The van der Waals surface area contributed by atoms with Gasteiger partial charge in [0.1, 0.15) is 0 Å². The topological polar surface area (TPSA) is 75.9 Å². The third-order valence-electron chi connectivity index (χ3n) is 4.44. The number of ether oxygens (including phenoxy) is 1. The Balaban J connectivity index is 0.00000242. The highest BCUT2D eigenvalue weighted by atomic mass is 35.5. The molecule has 128 valence electrons. The maximum Gasteiger partial charge on any atom is 0.243 e. The molecule has 2 heterocycles. The first-order valence-electron chi connectivity index (χ1n) is 7.65. The molecule has 2 fully saturated rings. The fourth-order valence-electron chi connectivity index (χ4n) is 3.57. The standard InChI is InChI=1S/C15H27N3O3.ClH/c1-11(2)18-12(19)9-17(10-14(18,3)4)13(20)15(16)5-7-21-8-6-15;/h11H,5-10,16H2,1-4H3;1H. The molecule has 22 heavy (non-hydrogen) atoms. The molecule has 0 atom stereocenters. The molecule has 0 bridgehead atoms. The second-order valence-corrected chi connectivity index (χ2v) is 7.10. The lowest BCUT2D eigenvalue weighted by Crippen LogP contribution is -2.68. The largest absolute Gasteiger partial charge is 0.381 e. The molecule has 2 N–H and O–H groups in total. The van der Waals surface area contributed by atoms with Crippen LogP contribution in [0.1, 0.15) is 40.5 Å². The first kappa shape index (κ1) is 19.2. The van der Waals surface area contributed by atoms with Crippen LogP contribution in [0.3, 0.4) is 0 Å². The zero-order valence-corrected chi connectivity index (χ0v) is 14.7. The smallest absolute Gasteiger partial charge is 0.243 e. The van der Waals surface area contributed by atoms with E-state index in [1.165, 1.54) is 0 Å². The lowest BCUT2D eigenvalue weighted by molar-refractivity contribution is -0.159. The highest BCUT2D eigenvalue weighted by Gasteiger charge is 2.46. The van der Waals surface area contributed by atoms with Crippen LogP contribution in [0.5, 0.6) is 0 Å². The van der Waals surface area contributed by atoms with Crippen molar-refractivity contribution < 1.29 is 14.3 Å². The van der Waals surface area contributed by atoms with Crippen LogP contribution in [0.4, 0.5) is 0 Å². The molecule has 0 aromatic heterocycles. The molecule has 0 spiro atoms. The van der Waals surface area contributed by atoms with Crippen molar-refractivity contribution in [1.29, 1.82) is 0 Å². The van der Waals surface area contributed by atoms with Crippen molar-refractivity contribution in [2.24, 2.45) is 5.73 Å². The summed E-state index contributed by atoms with van der Waals surface area (Å²) < 4.78 is 5.29. The monoisotopic (exact) mass is 333 g/mol. The summed E-state index contributed by atoms with van der Waals surface area (Å²) >= 11 is 0. The number of hydrogen-bond acceptors (Lipinski definition) is 4. The Bertz CT molecular complexity index is 434. The number of nitrogens with zero attached hydrogens (tertiary/aromatic N) is 2. The molecule has 0 aromatic carbocycles. The Morgan fingerprint density at radius 2 is 1.82 bits per heavy atom. The van der Waals surface area contributed by atoms with Gasteiger partial charge in [-0.25, -0.2) is 0 Å². The van der Waals surface area contributed by atoms with E-state index in [-0.39, 0.29) is 42.3 Å². The molecule has 2 saturated heterocycles. The van der Waals surface area contributed by atoms with Crippen LogP contribution in [-0.2, 0) is 14.3 Å². The summed E-state index contributed by atoms with van der Waals surface area (Å²) in [5, 5.41) is 0. The molecule has 0 aromatic rings. The van der Waals surface area contributed by atoms with E-state index in [0.29, 0.717) is 32.6 Å². The van der Waals surface area contributed by atoms with Gasteiger partial charge < -0.3 is 20.3 Å². The minimum absolute atomic E-state index is 0. The summed E-state index contributed by atoms with van der Waals surface area (Å²) in [5.74, 6) is -0.124. The summed E-state index contributed by atoms with van der Waals surface area (Å²) in [4.78, 5) is 28.7. The maximum atomic E-state index is 12.8. The van der Waals surface area contributed by atoms with Crippen LogP contribution in [-0.4, -0.2) is 65.0 Å². The summed E-state index contributed by atoms with van der Waals surface area (Å²) in [5.41, 5.74) is 5.01. The number of piperazine rings is 1. The zero-order valence-electron chi connectivity index (χ0n) is 13.9. The maximum absolute atomic E-state index is 12.8. The fraction of sp³-hybridized carbons (Fsp3) is 0.867. The number of carbonyl (C=O) groups is 2. The predicted molar refractivity (Wildman–Crippen MR) is 86.9 cm³/mol. The van der Waals surface area contributed by atoms with Gasteiger partial charge in [-0.1, -0.05) is 0 Å². The Kier molecular flexibility index (Phi) is 5.87. The molecule has 0 unspecified atom stereocenters. The van der Waals surface area contributed by atoms with Crippen molar-refractivity contribution >= 4 is 24.2 Å². The third kappa shape index (κ3) is 3.55. The van der Waals surface area contributed by atoms with Crippen LogP contribution in [0, 0.1) is 0 Å². The van der Waals surface area contributed by atoms with Gasteiger partial charge in [0.2, 0.25) is 11.8 Å². The van der Waals surface area contributed by atoms with Gasteiger partial charge in [-0.05, 0) is 40.5 Å². The van der Waals surface area contributed by atoms with E-state index in [1.807, 2.05) is 32.6 Å². The lowest BCUT2D eigenvalue weighted by Gasteiger charge is -2.50. The number of carbonyl (C=O) groups excluding carboxylic acids is 2. The highest BCUT2D eigenvalue weighted by Crippen LogP contribution is 2.28. The number of rotatable bonds is 2. The van der Waals surface area contributed by atoms with Gasteiger partial charge in [0.25, 0.3) is 0 Å². The first-order valence-corrected chi connectivity index (χ1v) is 7.65. The average Bonchev–Trinajstić information content (AvgIpc) is 2.36. The molecule has 0 aliphatic carbocycles. The van der Waals surface area contributed by atoms with Crippen LogP contribution in [0.2, 0.25) is 0 Å². The molecule has 2 amide bonds. The van der Waals surface area contributed by atoms with Crippen LogP contribution < -0.4 is 5.73 Å². The van der Waals surface area contributed by atoms with E-state index < -0.39 is 5.54 Å². The Morgan fingerprint density at radius 1 is 1.27 bits per heavy atom. The molecule has 0 radical (unpaired) electrons. The Morgan fingerprint density at radius 3 is 2.27 bits per heavy atom. The van der Waals surface area contributed by atoms with E-state index in [9.17, 15) is 9.59 Å². The van der Waals surface area contributed by atoms with Crippen molar-refractivity contribution in [3.05, 3.63) is 0 Å². The highest BCUT2D eigenvalue weighted by molar-refractivity contribution is 5.91. The number of amides is 2. The lowest BCUT2D eigenvalue weighted by atomic mass is 9.88. The second-order valence-electron chi connectivity index (χ2n) is 7.10. The Labute approximate surface area is 138 Å². The van der Waals surface area contributed by atoms with E-state index in [1.54, 1.807) is 4.90 Å². The minimum Gasteiger partial charge on any atom is -0.381 e. The summed E-state index contributed by atoms with van der Waals surface area (Å²) in [6.45, 7) is 9.65. The minimum atomic E-state index is -0.880. The van der Waals surface area contributed by atoms with Gasteiger partial charge in [-0.15, -0.1) is 12.4 Å². The summed E-state index contributed by atoms with van der Waals surface area (Å²) in [7, 11) is 0. The van der Waals surface area contributed by atoms with Crippen molar-refractivity contribution in [2.45, 2.75) is 57.7 Å². The molecule has 2 rings (SSSR count). The zero-order chi connectivity index (χ0) is 15.8. The van der Waals surface area contributed by atoms with Crippen molar-refractivity contribution in [1.82, 2.24) is 9.80 Å². The number of hydrogen-bond donors (Lipinski definition) is 1. The SMILES string of the molecule is CC(C)N1C(=O)CN(C(=O)C2(N)CCOCC2)CC1(C)C.Cl. The van der Waals surface area contributed by atoms with Gasteiger partial charge >= 0.3 is 0 Å². The molecule has 0 saturated carbocycles. The molecular formula is C15H28ClN3O3. The first-order chi connectivity index (χ1) is 9.67. The Hall–Kier alpha value is -0.850. The summed E-state index contributed by atoms with van der Waals surface area (Å²) in [6, 6.07) is 0.125. The van der Waals surface area contributed by atoms with Crippen molar-refractivity contribution in [3.63, 3.8) is 0 Å². The molecular weight excluding hydrogens is 306 g/mol. The van der Waals surface area contributed by atoms with Gasteiger partial charge in [-0.2, -0.15) is 0 Å². The van der Waals surface area contributed by atoms with Crippen LogP contribution >= 0.6 is 12.4 Å². The normalized spacial score (nSPS) is 24.2. The van der Waals surface area contributed by atoms with Gasteiger partial charge in [0.05, 0.1) is 17.6 Å². The number of nitrogens with two attached hydrogens (primary N) is 1. The predicted octanol–water partition coefficient (Wildman–Crippen LogP) is 0.774. The molecule has 2 aliphatic rings. The molecule has 2 aliphatic heterocycles. The quantitative estimate of drug-likeness (QED) is 0.810. The van der Waals surface area contributed by atoms with Gasteiger partial charge in [-0.3, -0.25) is 9.59 Å². The third-order valence-corrected chi connectivity index (χ3v) is 4.44.